The molecule has 0 fully saturated rings. The zero-order chi connectivity index (χ0) is 33.9. The monoisotopic (exact) mass is 658 g/mol. The number of nitrogens with zero attached hydrogens (tertiary/aromatic N) is 4. The van der Waals surface area contributed by atoms with Crippen molar-refractivity contribution in [2.75, 3.05) is 0 Å². The van der Waals surface area contributed by atoms with Gasteiger partial charge in [-0.3, -0.25) is 0 Å². The van der Waals surface area contributed by atoms with Gasteiger partial charge in [0.15, 0.2) is 17.5 Å². The first-order valence-electron chi connectivity index (χ1n) is 16.8. The lowest BCUT2D eigenvalue weighted by molar-refractivity contribution is 0.628. The summed E-state index contributed by atoms with van der Waals surface area (Å²) >= 11 is 0. The topological polar surface area (TPSA) is 56.7 Å². The van der Waals surface area contributed by atoms with Gasteiger partial charge >= 0.3 is 0 Å². The van der Waals surface area contributed by atoms with E-state index in [9.17, 15) is 4.39 Å². The number of furan rings is 1. The van der Waals surface area contributed by atoms with Crippen molar-refractivity contribution in [3.05, 3.63) is 170 Å². The van der Waals surface area contributed by atoms with Crippen molar-refractivity contribution in [2.24, 2.45) is 0 Å². The maximum absolute atomic E-state index is 14.3. The average Bonchev–Trinajstić information content (AvgIpc) is 3.72. The van der Waals surface area contributed by atoms with Gasteiger partial charge in [0, 0.05) is 49.9 Å². The molecule has 6 heteroatoms. The Morgan fingerprint density at radius 2 is 1.00 bits per heavy atom. The molecule has 0 spiro atoms. The molecule has 5 nitrogen and oxygen atoms in total. The van der Waals surface area contributed by atoms with E-state index in [1.54, 1.807) is 0 Å². The molecule has 0 aliphatic carbocycles. The van der Waals surface area contributed by atoms with E-state index in [-0.39, 0.29) is 5.82 Å². The van der Waals surface area contributed by atoms with Gasteiger partial charge in [0.25, 0.3) is 0 Å². The molecule has 0 atom stereocenters. The molecule has 0 radical (unpaired) electrons. The summed E-state index contributed by atoms with van der Waals surface area (Å²) in [6, 6.07) is 53.7. The van der Waals surface area contributed by atoms with E-state index in [0.717, 1.165) is 77.2 Å². The quantitative estimate of drug-likeness (QED) is 0.185. The molecule has 0 unspecified atom stereocenters. The van der Waals surface area contributed by atoms with Gasteiger partial charge in [-0.2, -0.15) is 0 Å². The van der Waals surface area contributed by atoms with Crippen molar-refractivity contribution in [2.45, 2.75) is 0 Å². The first-order valence-corrected chi connectivity index (χ1v) is 16.8. The Morgan fingerprint density at radius 3 is 1.71 bits per heavy atom. The molecule has 240 valence electrons. The van der Waals surface area contributed by atoms with Crippen LogP contribution in [0, 0.1) is 5.82 Å². The van der Waals surface area contributed by atoms with Crippen molar-refractivity contribution >= 4 is 43.7 Å². The van der Waals surface area contributed by atoms with Crippen molar-refractivity contribution in [1.29, 1.82) is 0 Å². The lowest BCUT2D eigenvalue weighted by Gasteiger charge is -2.16. The molecular formula is C45H27FN4O. The smallest absolute Gasteiger partial charge is 0.164 e. The fourth-order valence-corrected chi connectivity index (χ4v) is 7.12. The zero-order valence-corrected chi connectivity index (χ0v) is 27.2. The Balaban J connectivity index is 1.24. The SMILES string of the molecule is Fc1ccc(-c2cc(-c3nc(-c4ccccc4)nc(-c4ccccc4)n3)ccc2-n2c3ccccc3c3cc4c(cc32)oc2ccccc24)cc1. The molecule has 51 heavy (non-hydrogen) atoms. The molecule has 0 saturated carbocycles. The number of hydrogen-bond donors (Lipinski definition) is 0. The first-order chi connectivity index (χ1) is 25.2. The Hall–Kier alpha value is -6.92. The summed E-state index contributed by atoms with van der Waals surface area (Å²) in [5, 5.41) is 4.42. The van der Waals surface area contributed by atoms with Crippen molar-refractivity contribution in [3.63, 3.8) is 0 Å². The molecule has 0 saturated heterocycles. The van der Waals surface area contributed by atoms with Crippen LogP contribution in [-0.2, 0) is 0 Å². The third-order valence-corrected chi connectivity index (χ3v) is 9.52. The summed E-state index contributed by atoms with van der Waals surface area (Å²) in [5.74, 6) is 1.43. The van der Waals surface area contributed by atoms with E-state index in [2.05, 4.69) is 65.2 Å². The average molecular weight is 659 g/mol. The van der Waals surface area contributed by atoms with E-state index < -0.39 is 0 Å². The predicted octanol–water partition coefficient (Wildman–Crippen LogP) is 11.7. The number of fused-ring (bicyclic) bond motifs is 6. The van der Waals surface area contributed by atoms with E-state index in [1.165, 1.54) is 12.1 Å². The van der Waals surface area contributed by atoms with Crippen LogP contribution < -0.4 is 0 Å². The summed E-state index contributed by atoms with van der Waals surface area (Å²) in [7, 11) is 0. The van der Waals surface area contributed by atoms with Gasteiger partial charge in [0.2, 0.25) is 0 Å². The lowest BCUT2D eigenvalue weighted by atomic mass is 9.99. The molecule has 7 aromatic carbocycles. The Morgan fingerprint density at radius 1 is 0.412 bits per heavy atom. The number of rotatable bonds is 5. The number of aromatic nitrogens is 4. The van der Waals surface area contributed by atoms with Crippen LogP contribution in [0.4, 0.5) is 4.39 Å². The van der Waals surface area contributed by atoms with Gasteiger partial charge in [-0.15, -0.1) is 0 Å². The molecule has 0 N–H and O–H groups in total. The van der Waals surface area contributed by atoms with Crippen LogP contribution in [-0.4, -0.2) is 19.5 Å². The minimum absolute atomic E-state index is 0.293. The third-order valence-electron chi connectivity index (χ3n) is 9.52. The van der Waals surface area contributed by atoms with Crippen LogP contribution in [0.5, 0.6) is 0 Å². The van der Waals surface area contributed by atoms with Crippen LogP contribution >= 0.6 is 0 Å². The number of benzene rings is 7. The second-order valence-electron chi connectivity index (χ2n) is 12.6. The first kappa shape index (κ1) is 29.0. The highest BCUT2D eigenvalue weighted by Crippen LogP contribution is 2.41. The van der Waals surface area contributed by atoms with Gasteiger partial charge in [-0.25, -0.2) is 19.3 Å². The molecule has 10 rings (SSSR count). The summed E-state index contributed by atoms with van der Waals surface area (Å²) in [6.45, 7) is 0. The van der Waals surface area contributed by atoms with Crippen LogP contribution in [0.15, 0.2) is 168 Å². The fraction of sp³-hybridized carbons (Fsp3) is 0. The third kappa shape index (κ3) is 4.88. The summed E-state index contributed by atoms with van der Waals surface area (Å²) < 4.78 is 23.0. The molecule has 0 aliphatic rings. The maximum atomic E-state index is 14.3. The lowest BCUT2D eigenvalue weighted by Crippen LogP contribution is -2.02. The second-order valence-corrected chi connectivity index (χ2v) is 12.6. The minimum Gasteiger partial charge on any atom is -0.456 e. The van der Waals surface area contributed by atoms with Crippen LogP contribution in [0.1, 0.15) is 0 Å². The van der Waals surface area contributed by atoms with E-state index in [4.69, 9.17) is 19.4 Å². The highest BCUT2D eigenvalue weighted by molar-refractivity contribution is 6.17. The van der Waals surface area contributed by atoms with Crippen molar-refractivity contribution < 1.29 is 8.81 Å². The maximum Gasteiger partial charge on any atom is 0.164 e. The molecule has 3 heterocycles. The molecule has 3 aromatic heterocycles. The second kappa shape index (κ2) is 11.6. The van der Waals surface area contributed by atoms with Crippen LogP contribution in [0.25, 0.3) is 94.7 Å². The van der Waals surface area contributed by atoms with Gasteiger partial charge in [0.1, 0.15) is 17.0 Å². The van der Waals surface area contributed by atoms with Crippen LogP contribution in [0.2, 0.25) is 0 Å². The van der Waals surface area contributed by atoms with Gasteiger partial charge in [-0.1, -0.05) is 109 Å². The van der Waals surface area contributed by atoms with Crippen molar-refractivity contribution in [3.8, 4) is 51.0 Å². The Bertz CT molecular complexity index is 2860. The van der Waals surface area contributed by atoms with E-state index >= 15 is 0 Å². The molecule has 0 amide bonds. The number of halogens is 1. The van der Waals surface area contributed by atoms with Gasteiger partial charge in [0.05, 0.1) is 16.7 Å². The highest BCUT2D eigenvalue weighted by Gasteiger charge is 2.20. The number of hydrogen-bond acceptors (Lipinski definition) is 4. The van der Waals surface area contributed by atoms with Crippen LogP contribution in [0.3, 0.4) is 0 Å². The van der Waals surface area contributed by atoms with E-state index in [0.29, 0.717) is 17.5 Å². The fourth-order valence-electron chi connectivity index (χ4n) is 7.12. The summed E-state index contributed by atoms with van der Waals surface area (Å²) in [4.78, 5) is 14.9. The van der Waals surface area contributed by atoms with Crippen molar-refractivity contribution in [1.82, 2.24) is 19.5 Å². The normalized spacial score (nSPS) is 11.6. The highest BCUT2D eigenvalue weighted by atomic mass is 19.1. The molecule has 0 aliphatic heterocycles. The molecule has 10 aromatic rings. The molecule has 0 bridgehead atoms. The summed E-state index contributed by atoms with van der Waals surface area (Å²) in [5.41, 5.74) is 9.06. The zero-order valence-electron chi connectivity index (χ0n) is 27.2. The Labute approximate surface area is 291 Å². The largest absolute Gasteiger partial charge is 0.456 e. The standard InChI is InChI=1S/C45H27FN4O/c46-32-22-19-28(20-23-32)35-25-31(45-48-43(29-11-3-1-4-12-29)47-44(49-45)30-13-5-2-6-14-30)21-24-39(35)50-38-17-9-7-15-33(38)36-26-37-34-16-8-10-18-41(34)51-42(37)27-40(36)50/h1-27H. The molecular weight excluding hydrogens is 632 g/mol. The number of para-hydroxylation sites is 2. The Kier molecular flexibility index (Phi) is 6.61. The minimum atomic E-state index is -0.293. The van der Waals surface area contributed by atoms with Gasteiger partial charge < -0.3 is 8.98 Å². The summed E-state index contributed by atoms with van der Waals surface area (Å²) in [6.07, 6.45) is 0. The van der Waals surface area contributed by atoms with E-state index in [1.807, 2.05) is 91.0 Å². The predicted molar refractivity (Wildman–Crippen MR) is 203 cm³/mol. The van der Waals surface area contributed by atoms with Gasteiger partial charge in [-0.05, 0) is 54.1 Å².